The van der Waals surface area contributed by atoms with E-state index < -0.39 is 5.97 Å². The van der Waals surface area contributed by atoms with Crippen molar-refractivity contribution in [3.63, 3.8) is 0 Å². The second-order valence-corrected chi connectivity index (χ2v) is 5.84. The lowest BCUT2D eigenvalue weighted by molar-refractivity contribution is 0.0527. The standard InChI is InChI=1S/C19H22N4O2/c1-5-23-18-14(11-21-23)17(15(10-20-18)19(24)25-6-2)22-16-9-7-8-12(3)13(16)4/h7-11H,5-6H2,1-4H3,(H,20,22). The van der Waals surface area contributed by atoms with Gasteiger partial charge in [0.25, 0.3) is 0 Å². The molecular formula is C19H22N4O2. The number of aromatic nitrogens is 3. The second kappa shape index (κ2) is 6.93. The van der Waals surface area contributed by atoms with Crippen molar-refractivity contribution in [1.82, 2.24) is 14.8 Å². The monoisotopic (exact) mass is 338 g/mol. The fourth-order valence-corrected chi connectivity index (χ4v) is 2.78. The molecule has 0 aliphatic heterocycles. The smallest absolute Gasteiger partial charge is 0.341 e. The molecule has 0 unspecified atom stereocenters. The van der Waals surface area contributed by atoms with Crippen LogP contribution in [0.25, 0.3) is 11.0 Å². The van der Waals surface area contributed by atoms with Gasteiger partial charge in [0.05, 0.1) is 23.9 Å². The minimum atomic E-state index is -0.394. The van der Waals surface area contributed by atoms with E-state index in [-0.39, 0.29) is 0 Å². The molecule has 0 spiro atoms. The molecule has 0 saturated heterocycles. The van der Waals surface area contributed by atoms with Gasteiger partial charge in [-0.25, -0.2) is 14.5 Å². The van der Waals surface area contributed by atoms with Gasteiger partial charge < -0.3 is 10.1 Å². The van der Waals surface area contributed by atoms with Crippen LogP contribution in [0.1, 0.15) is 35.3 Å². The number of ether oxygens (including phenoxy) is 1. The molecule has 0 atom stereocenters. The number of pyridine rings is 1. The molecule has 0 aliphatic carbocycles. The zero-order valence-corrected chi connectivity index (χ0v) is 15.0. The van der Waals surface area contributed by atoms with Crippen LogP contribution < -0.4 is 5.32 Å². The Kier molecular flexibility index (Phi) is 4.70. The number of hydrogen-bond acceptors (Lipinski definition) is 5. The van der Waals surface area contributed by atoms with Gasteiger partial charge in [-0.15, -0.1) is 0 Å². The van der Waals surface area contributed by atoms with Gasteiger partial charge in [-0.05, 0) is 44.9 Å². The molecule has 2 aromatic heterocycles. The van der Waals surface area contributed by atoms with Crippen LogP contribution in [0.3, 0.4) is 0 Å². The predicted molar refractivity (Wildman–Crippen MR) is 98.4 cm³/mol. The van der Waals surface area contributed by atoms with E-state index in [0.29, 0.717) is 24.4 Å². The number of nitrogens with one attached hydrogen (secondary N) is 1. The van der Waals surface area contributed by atoms with Crippen LogP contribution in [-0.2, 0) is 11.3 Å². The molecule has 3 aromatic rings. The number of rotatable bonds is 5. The van der Waals surface area contributed by atoms with Gasteiger partial charge in [0, 0.05) is 18.4 Å². The number of aryl methyl sites for hydroxylation is 2. The van der Waals surface area contributed by atoms with Crippen LogP contribution in [0.2, 0.25) is 0 Å². The molecule has 0 radical (unpaired) electrons. The molecule has 0 saturated carbocycles. The summed E-state index contributed by atoms with van der Waals surface area (Å²) in [7, 11) is 0. The van der Waals surface area contributed by atoms with Gasteiger partial charge in [0.1, 0.15) is 5.56 Å². The van der Waals surface area contributed by atoms with Crippen molar-refractivity contribution in [2.45, 2.75) is 34.2 Å². The first-order valence-electron chi connectivity index (χ1n) is 8.41. The first-order valence-corrected chi connectivity index (χ1v) is 8.41. The van der Waals surface area contributed by atoms with E-state index in [1.165, 1.54) is 5.56 Å². The largest absolute Gasteiger partial charge is 0.462 e. The average Bonchev–Trinajstić information content (AvgIpc) is 3.03. The zero-order chi connectivity index (χ0) is 18.0. The van der Waals surface area contributed by atoms with Crippen molar-refractivity contribution >= 4 is 28.4 Å². The maximum Gasteiger partial charge on any atom is 0.341 e. The van der Waals surface area contributed by atoms with Crippen molar-refractivity contribution in [3.8, 4) is 0 Å². The predicted octanol–water partition coefficient (Wildman–Crippen LogP) is 3.99. The van der Waals surface area contributed by atoms with Crippen molar-refractivity contribution < 1.29 is 9.53 Å². The summed E-state index contributed by atoms with van der Waals surface area (Å²) in [6, 6.07) is 6.04. The van der Waals surface area contributed by atoms with Crippen molar-refractivity contribution in [2.24, 2.45) is 0 Å². The van der Waals surface area contributed by atoms with E-state index in [4.69, 9.17) is 4.74 Å². The molecule has 25 heavy (non-hydrogen) atoms. The highest BCUT2D eigenvalue weighted by molar-refractivity contribution is 6.05. The summed E-state index contributed by atoms with van der Waals surface area (Å²) >= 11 is 0. The van der Waals surface area contributed by atoms with E-state index in [1.54, 1.807) is 24.0 Å². The lowest BCUT2D eigenvalue weighted by Crippen LogP contribution is -2.10. The Morgan fingerprint density at radius 2 is 2.04 bits per heavy atom. The van der Waals surface area contributed by atoms with E-state index >= 15 is 0 Å². The molecule has 0 amide bonds. The number of carbonyl (C=O) groups is 1. The number of carbonyl (C=O) groups excluding carboxylic acids is 1. The van der Waals surface area contributed by atoms with Gasteiger partial charge >= 0.3 is 5.97 Å². The molecule has 130 valence electrons. The minimum absolute atomic E-state index is 0.313. The molecule has 0 bridgehead atoms. The highest BCUT2D eigenvalue weighted by Gasteiger charge is 2.19. The van der Waals surface area contributed by atoms with Crippen LogP contribution in [0, 0.1) is 13.8 Å². The number of esters is 1. The number of anilines is 2. The number of hydrogen-bond donors (Lipinski definition) is 1. The average molecular weight is 338 g/mol. The molecule has 3 rings (SSSR count). The number of benzene rings is 1. The van der Waals surface area contributed by atoms with E-state index in [2.05, 4.69) is 35.3 Å². The van der Waals surface area contributed by atoms with Gasteiger partial charge in [-0.3, -0.25) is 0 Å². The molecule has 0 fully saturated rings. The molecular weight excluding hydrogens is 316 g/mol. The maximum absolute atomic E-state index is 12.4. The topological polar surface area (TPSA) is 69.0 Å². The Morgan fingerprint density at radius 3 is 2.76 bits per heavy atom. The third-order valence-corrected chi connectivity index (χ3v) is 4.33. The van der Waals surface area contributed by atoms with E-state index in [9.17, 15) is 4.79 Å². The fourth-order valence-electron chi connectivity index (χ4n) is 2.78. The normalized spacial score (nSPS) is 10.9. The summed E-state index contributed by atoms with van der Waals surface area (Å²) in [4.78, 5) is 16.8. The Labute approximate surface area is 146 Å². The highest BCUT2D eigenvalue weighted by atomic mass is 16.5. The summed E-state index contributed by atoms with van der Waals surface area (Å²) < 4.78 is 7.00. The van der Waals surface area contributed by atoms with Gasteiger partial charge in [0.2, 0.25) is 0 Å². The van der Waals surface area contributed by atoms with Crippen molar-refractivity contribution in [3.05, 3.63) is 47.3 Å². The third-order valence-electron chi connectivity index (χ3n) is 4.33. The Hall–Kier alpha value is -2.89. The molecule has 6 heteroatoms. The van der Waals surface area contributed by atoms with Crippen LogP contribution in [-0.4, -0.2) is 27.3 Å². The van der Waals surface area contributed by atoms with Gasteiger partial charge in [-0.2, -0.15) is 5.10 Å². The number of nitrogens with zero attached hydrogens (tertiary/aromatic N) is 3. The second-order valence-electron chi connectivity index (χ2n) is 5.84. The molecule has 6 nitrogen and oxygen atoms in total. The summed E-state index contributed by atoms with van der Waals surface area (Å²) in [5.74, 6) is -0.394. The Morgan fingerprint density at radius 1 is 1.24 bits per heavy atom. The lowest BCUT2D eigenvalue weighted by Gasteiger charge is -2.15. The fraction of sp³-hybridized carbons (Fsp3) is 0.316. The summed E-state index contributed by atoms with van der Waals surface area (Å²) in [6.45, 7) is 8.92. The molecule has 0 aliphatic rings. The lowest BCUT2D eigenvalue weighted by atomic mass is 10.1. The molecule has 2 heterocycles. The van der Waals surface area contributed by atoms with E-state index in [0.717, 1.165) is 22.3 Å². The zero-order valence-electron chi connectivity index (χ0n) is 15.0. The summed E-state index contributed by atoms with van der Waals surface area (Å²) in [5, 5.41) is 8.57. The maximum atomic E-state index is 12.4. The van der Waals surface area contributed by atoms with Crippen molar-refractivity contribution in [2.75, 3.05) is 11.9 Å². The van der Waals surface area contributed by atoms with Gasteiger partial charge in [0.15, 0.2) is 5.65 Å². The van der Waals surface area contributed by atoms with E-state index in [1.807, 2.05) is 19.1 Å². The molecule has 1 N–H and O–H groups in total. The summed E-state index contributed by atoms with van der Waals surface area (Å²) in [5.41, 5.74) is 5.08. The Balaban J connectivity index is 2.18. The van der Waals surface area contributed by atoms with Crippen LogP contribution in [0.5, 0.6) is 0 Å². The first kappa shape index (κ1) is 17.0. The van der Waals surface area contributed by atoms with Gasteiger partial charge in [-0.1, -0.05) is 12.1 Å². The highest BCUT2D eigenvalue weighted by Crippen LogP contribution is 2.31. The minimum Gasteiger partial charge on any atom is -0.462 e. The van der Waals surface area contributed by atoms with Crippen LogP contribution in [0.4, 0.5) is 11.4 Å². The SMILES string of the molecule is CCOC(=O)c1cnc2c(cnn2CC)c1Nc1cccc(C)c1C. The van der Waals surface area contributed by atoms with Crippen molar-refractivity contribution in [1.29, 1.82) is 0 Å². The quantitative estimate of drug-likeness (QED) is 0.712. The number of fused-ring (bicyclic) bond motifs is 1. The first-order chi connectivity index (χ1) is 12.1. The molecule has 1 aromatic carbocycles. The Bertz CT molecular complexity index is 931. The summed E-state index contributed by atoms with van der Waals surface area (Å²) in [6.07, 6.45) is 3.30. The van der Waals surface area contributed by atoms with Crippen LogP contribution >= 0.6 is 0 Å². The van der Waals surface area contributed by atoms with Crippen LogP contribution in [0.15, 0.2) is 30.6 Å². The third kappa shape index (κ3) is 3.07.